The van der Waals surface area contributed by atoms with E-state index in [-0.39, 0.29) is 0 Å². The molecule has 0 heterocycles. The average Bonchev–Trinajstić information content (AvgIpc) is 2.02. The molecule has 2 rings (SSSR count). The molecule has 1 aliphatic carbocycles. The van der Waals surface area contributed by atoms with Crippen LogP contribution in [0.2, 0.25) is 0 Å². The molecule has 2 nitrogen and oxygen atoms in total. The maximum atomic E-state index is 8.90. The minimum absolute atomic E-state index is 0.582. The highest BCUT2D eigenvalue weighted by Gasteiger charge is 2.23. The van der Waals surface area contributed by atoms with Crippen molar-refractivity contribution in [2.24, 2.45) is 0 Å². The summed E-state index contributed by atoms with van der Waals surface area (Å²) in [4.78, 5) is 0. The Labute approximate surface area is 72.0 Å². The largest absolute Gasteiger partial charge is 0.488 e. The Bertz CT molecular complexity index is 309. The quantitative estimate of drug-likeness (QED) is 0.571. The summed E-state index contributed by atoms with van der Waals surface area (Å²) in [5, 5.41) is 17.8. The van der Waals surface area contributed by atoms with Crippen LogP contribution < -0.4 is 5.46 Å². The molecule has 0 spiro atoms. The monoisotopic (exact) mass is 162 g/mol. The van der Waals surface area contributed by atoms with Crippen LogP contribution in [0.1, 0.15) is 24.0 Å². The zero-order chi connectivity index (χ0) is 8.72. The van der Waals surface area contributed by atoms with Crippen molar-refractivity contribution in [1.29, 1.82) is 0 Å². The van der Waals surface area contributed by atoms with E-state index >= 15 is 0 Å². The summed E-state index contributed by atoms with van der Waals surface area (Å²) in [5.74, 6) is 0.582. The minimum atomic E-state index is -1.33. The predicted octanol–water partition coefficient (Wildman–Crippen LogP) is 0.0260. The molecular formula is C9H11BO2. The fraction of sp³-hybridized carbons (Fsp3) is 0.333. The maximum Gasteiger partial charge on any atom is 0.488 e. The zero-order valence-electron chi connectivity index (χ0n) is 6.99. The molecule has 0 aliphatic heterocycles. The lowest BCUT2D eigenvalue weighted by Crippen LogP contribution is -2.32. The maximum absolute atomic E-state index is 8.90. The molecule has 3 heteroatoms. The summed E-state index contributed by atoms with van der Waals surface area (Å²) in [6.07, 6.45) is 1.12. The lowest BCUT2D eigenvalue weighted by Gasteiger charge is -2.27. The van der Waals surface area contributed by atoms with Gasteiger partial charge in [0.25, 0.3) is 0 Å². The van der Waals surface area contributed by atoms with Gasteiger partial charge >= 0.3 is 7.12 Å². The Morgan fingerprint density at radius 1 is 1.42 bits per heavy atom. The van der Waals surface area contributed by atoms with Crippen LogP contribution in [0.4, 0.5) is 0 Å². The second-order valence-electron chi connectivity index (χ2n) is 3.44. The van der Waals surface area contributed by atoms with Crippen molar-refractivity contribution >= 4 is 12.6 Å². The molecule has 62 valence electrons. The Morgan fingerprint density at radius 3 is 2.75 bits per heavy atom. The van der Waals surface area contributed by atoms with Crippen molar-refractivity contribution in [1.82, 2.24) is 0 Å². The predicted molar refractivity (Wildman–Crippen MR) is 48.4 cm³/mol. The molecule has 1 aromatic carbocycles. The van der Waals surface area contributed by atoms with Crippen molar-refractivity contribution in [3.63, 3.8) is 0 Å². The van der Waals surface area contributed by atoms with Crippen molar-refractivity contribution in [2.45, 2.75) is 19.3 Å². The first-order valence-electron chi connectivity index (χ1n) is 4.17. The lowest BCUT2D eigenvalue weighted by atomic mass is 9.72. The van der Waals surface area contributed by atoms with E-state index in [9.17, 15) is 0 Å². The third-order valence-electron chi connectivity index (χ3n) is 2.53. The van der Waals surface area contributed by atoms with Gasteiger partial charge in [-0.25, -0.2) is 0 Å². The Hall–Kier alpha value is -0.795. The fourth-order valence-electron chi connectivity index (χ4n) is 1.73. The highest BCUT2D eigenvalue weighted by atomic mass is 16.4. The Morgan fingerprint density at radius 2 is 2.17 bits per heavy atom. The van der Waals surface area contributed by atoms with Gasteiger partial charge in [0.15, 0.2) is 0 Å². The van der Waals surface area contributed by atoms with Gasteiger partial charge in [0.2, 0.25) is 0 Å². The van der Waals surface area contributed by atoms with E-state index in [0.717, 1.165) is 6.42 Å². The molecule has 0 radical (unpaired) electrons. The molecule has 0 bridgehead atoms. The molecule has 0 saturated carbocycles. The topological polar surface area (TPSA) is 40.5 Å². The van der Waals surface area contributed by atoms with Gasteiger partial charge in [0, 0.05) is 0 Å². The van der Waals surface area contributed by atoms with E-state index in [0.29, 0.717) is 11.4 Å². The molecule has 0 saturated heterocycles. The molecule has 0 amide bonds. The number of hydrogen-bond acceptors (Lipinski definition) is 2. The standard InChI is InChI=1S/C9H11BO2/c1-6-4-7-2-3-8(10(11)12)5-9(6)7/h2-3,5-6,11-12H,4H2,1H3. The first-order valence-corrected chi connectivity index (χ1v) is 4.17. The van der Waals surface area contributed by atoms with E-state index in [1.54, 1.807) is 6.07 Å². The highest BCUT2D eigenvalue weighted by Crippen LogP contribution is 2.33. The first-order chi connectivity index (χ1) is 5.68. The summed E-state index contributed by atoms with van der Waals surface area (Å²) in [6.45, 7) is 2.15. The normalized spacial score (nSPS) is 19.8. The molecule has 2 N–H and O–H groups in total. The van der Waals surface area contributed by atoms with Crippen LogP contribution in [0, 0.1) is 0 Å². The van der Waals surface area contributed by atoms with Crippen LogP contribution in [-0.4, -0.2) is 17.2 Å². The lowest BCUT2D eigenvalue weighted by molar-refractivity contribution is 0.425. The van der Waals surface area contributed by atoms with Crippen molar-refractivity contribution in [3.05, 3.63) is 29.3 Å². The molecule has 0 aromatic heterocycles. The minimum Gasteiger partial charge on any atom is -0.423 e. The third kappa shape index (κ3) is 1.06. The van der Waals surface area contributed by atoms with E-state index in [1.807, 2.05) is 12.1 Å². The molecule has 1 atom stereocenters. The molecule has 12 heavy (non-hydrogen) atoms. The van der Waals surface area contributed by atoms with Crippen LogP contribution in [0.3, 0.4) is 0 Å². The van der Waals surface area contributed by atoms with Gasteiger partial charge in [-0.15, -0.1) is 0 Å². The van der Waals surface area contributed by atoms with Crippen molar-refractivity contribution < 1.29 is 10.0 Å². The van der Waals surface area contributed by atoms with E-state index in [2.05, 4.69) is 6.92 Å². The number of fused-ring (bicyclic) bond motifs is 1. The fourth-order valence-corrected chi connectivity index (χ4v) is 1.73. The van der Waals surface area contributed by atoms with Gasteiger partial charge in [-0.05, 0) is 28.9 Å². The second-order valence-corrected chi connectivity index (χ2v) is 3.44. The van der Waals surface area contributed by atoms with Gasteiger partial charge in [-0.3, -0.25) is 0 Å². The summed E-state index contributed by atoms with van der Waals surface area (Å²) >= 11 is 0. The van der Waals surface area contributed by atoms with Crippen molar-refractivity contribution in [3.8, 4) is 0 Å². The van der Waals surface area contributed by atoms with Gasteiger partial charge in [-0.2, -0.15) is 0 Å². The van der Waals surface area contributed by atoms with Gasteiger partial charge in [0.05, 0.1) is 0 Å². The summed E-state index contributed by atoms with van der Waals surface area (Å²) < 4.78 is 0. The van der Waals surface area contributed by atoms with Gasteiger partial charge < -0.3 is 10.0 Å². The number of hydrogen-bond donors (Lipinski definition) is 2. The molecule has 1 unspecified atom stereocenters. The van der Waals surface area contributed by atoms with Crippen LogP contribution in [0.5, 0.6) is 0 Å². The Balaban J connectivity index is 2.38. The van der Waals surface area contributed by atoms with E-state index in [1.165, 1.54) is 11.1 Å². The summed E-state index contributed by atoms with van der Waals surface area (Å²) in [7, 11) is -1.33. The number of rotatable bonds is 1. The summed E-state index contributed by atoms with van der Waals surface area (Å²) in [6, 6.07) is 5.63. The average molecular weight is 162 g/mol. The van der Waals surface area contributed by atoms with Crippen LogP contribution in [-0.2, 0) is 6.42 Å². The van der Waals surface area contributed by atoms with Crippen LogP contribution in [0.15, 0.2) is 18.2 Å². The second kappa shape index (κ2) is 2.61. The molecule has 0 fully saturated rings. The third-order valence-corrected chi connectivity index (χ3v) is 2.53. The molecule has 1 aromatic rings. The smallest absolute Gasteiger partial charge is 0.423 e. The highest BCUT2D eigenvalue weighted by molar-refractivity contribution is 6.58. The Kier molecular flexibility index (Phi) is 1.70. The van der Waals surface area contributed by atoms with Crippen LogP contribution in [0.25, 0.3) is 0 Å². The molecular weight excluding hydrogens is 151 g/mol. The van der Waals surface area contributed by atoms with Gasteiger partial charge in [0.1, 0.15) is 0 Å². The van der Waals surface area contributed by atoms with E-state index < -0.39 is 7.12 Å². The number of benzene rings is 1. The first kappa shape index (κ1) is 7.83. The summed E-state index contributed by atoms with van der Waals surface area (Å²) in [5.41, 5.74) is 3.20. The zero-order valence-corrected chi connectivity index (χ0v) is 6.99. The van der Waals surface area contributed by atoms with E-state index in [4.69, 9.17) is 10.0 Å². The van der Waals surface area contributed by atoms with Gasteiger partial charge in [-0.1, -0.05) is 25.1 Å². The van der Waals surface area contributed by atoms with Crippen LogP contribution >= 0.6 is 0 Å². The SMILES string of the molecule is CC1Cc2ccc(B(O)O)cc21. The van der Waals surface area contributed by atoms with Crippen molar-refractivity contribution in [2.75, 3.05) is 0 Å². The molecule has 1 aliphatic rings.